The summed E-state index contributed by atoms with van der Waals surface area (Å²) in [5, 5.41) is 28.8. The molecule has 330 valence electrons. The van der Waals surface area contributed by atoms with E-state index >= 15 is 0 Å². The lowest BCUT2D eigenvalue weighted by Gasteiger charge is -2.33. The number of nitriles is 3. The highest BCUT2D eigenvalue weighted by Gasteiger charge is 2.38. The Balaban J connectivity index is 1.10. The molecule has 0 radical (unpaired) electrons. The van der Waals surface area contributed by atoms with Crippen LogP contribution in [0, 0.1) is 39.4 Å². The van der Waals surface area contributed by atoms with Gasteiger partial charge in [0.2, 0.25) is 0 Å². The van der Waals surface area contributed by atoms with Gasteiger partial charge in [-0.05, 0) is 141 Å². The second kappa shape index (κ2) is 20.7. The summed E-state index contributed by atoms with van der Waals surface area (Å²) in [4.78, 5) is 9.68. The van der Waals surface area contributed by atoms with Crippen molar-refractivity contribution in [2.75, 3.05) is 29.4 Å². The molecule has 4 aromatic rings. The van der Waals surface area contributed by atoms with Gasteiger partial charge in [-0.2, -0.15) is 15.8 Å². The van der Waals surface area contributed by atoms with Crippen LogP contribution in [-0.2, 0) is 4.74 Å². The molecular weight excluding hydrogens is 835 g/mol. The molecule has 0 N–H and O–H groups in total. The van der Waals surface area contributed by atoms with E-state index in [-0.39, 0.29) is 22.3 Å². The number of ether oxygens (including phenoxy) is 1. The van der Waals surface area contributed by atoms with Crippen LogP contribution in [-0.4, -0.2) is 25.2 Å². The second-order valence-corrected chi connectivity index (χ2v) is 20.4. The SMILES string of the molecule is CCCCCCN1c2ccc(/C=C/C3=CC(=C\c4ccc(/C=C/C5=C(C#N)C(=C(C#N)C#N)OC5(C)C)s4)/CC(C)(C)C3)cc2Sc2cc(/C=C/c3ccc(N(CC)CC)cc3)ccc21. The normalized spacial score (nSPS) is 16.9. The average Bonchev–Trinajstić information content (AvgIpc) is 3.84. The van der Waals surface area contributed by atoms with Gasteiger partial charge in [0, 0.05) is 50.4 Å². The van der Waals surface area contributed by atoms with Crippen molar-refractivity contribution in [2.24, 2.45) is 5.41 Å². The van der Waals surface area contributed by atoms with Crippen LogP contribution >= 0.6 is 23.1 Å². The fourth-order valence-corrected chi connectivity index (χ4v) is 11.0. The Morgan fingerprint density at radius 1 is 0.723 bits per heavy atom. The molecule has 8 heteroatoms. The van der Waals surface area contributed by atoms with Crippen molar-refractivity contribution >= 4 is 70.5 Å². The lowest BCUT2D eigenvalue weighted by molar-refractivity contribution is 0.0954. The van der Waals surface area contributed by atoms with Crippen molar-refractivity contribution in [2.45, 2.75) is 102 Å². The monoisotopic (exact) mass is 893 g/mol. The van der Waals surface area contributed by atoms with Crippen LogP contribution in [0.5, 0.6) is 0 Å². The first-order chi connectivity index (χ1) is 31.4. The van der Waals surface area contributed by atoms with Crippen LogP contribution in [0.25, 0.3) is 30.4 Å². The molecule has 1 aromatic heterocycles. The number of anilines is 3. The van der Waals surface area contributed by atoms with Crippen molar-refractivity contribution in [3.8, 4) is 18.2 Å². The molecule has 3 aromatic carbocycles. The summed E-state index contributed by atoms with van der Waals surface area (Å²) in [6.07, 6.45) is 24.4. The predicted molar refractivity (Wildman–Crippen MR) is 275 cm³/mol. The molecule has 0 fully saturated rings. The van der Waals surface area contributed by atoms with Crippen molar-refractivity contribution in [1.29, 1.82) is 15.8 Å². The first-order valence-electron chi connectivity index (χ1n) is 22.9. The molecular formula is C57H59N5OS2. The largest absolute Gasteiger partial charge is 0.480 e. The Hall–Kier alpha value is -6.24. The number of hydrogen-bond acceptors (Lipinski definition) is 8. The van der Waals surface area contributed by atoms with Crippen molar-refractivity contribution in [3.63, 3.8) is 0 Å². The molecule has 0 saturated carbocycles. The van der Waals surface area contributed by atoms with Gasteiger partial charge in [-0.3, -0.25) is 0 Å². The highest BCUT2D eigenvalue weighted by atomic mass is 32.2. The first-order valence-corrected chi connectivity index (χ1v) is 24.5. The Kier molecular flexibility index (Phi) is 14.9. The summed E-state index contributed by atoms with van der Waals surface area (Å²) < 4.78 is 5.94. The summed E-state index contributed by atoms with van der Waals surface area (Å²) in [6, 6.07) is 32.8. The molecule has 0 amide bonds. The summed E-state index contributed by atoms with van der Waals surface area (Å²) in [5.41, 5.74) is 10.0. The molecule has 0 saturated heterocycles. The van der Waals surface area contributed by atoms with Gasteiger partial charge in [0.25, 0.3) is 0 Å². The third-order valence-corrected chi connectivity index (χ3v) is 14.3. The zero-order valence-electron chi connectivity index (χ0n) is 38.9. The Morgan fingerprint density at radius 3 is 1.98 bits per heavy atom. The third kappa shape index (κ3) is 11.2. The van der Waals surface area contributed by atoms with Gasteiger partial charge < -0.3 is 14.5 Å². The number of hydrogen-bond donors (Lipinski definition) is 0. The maximum atomic E-state index is 9.94. The van der Waals surface area contributed by atoms with Crippen LogP contribution in [0.15, 0.2) is 134 Å². The Bertz CT molecular complexity index is 2750. The molecule has 2 aliphatic heterocycles. The number of thiophene rings is 1. The fraction of sp³-hybridized carbons (Fsp3) is 0.316. The van der Waals surface area contributed by atoms with E-state index in [4.69, 9.17) is 4.74 Å². The minimum Gasteiger partial charge on any atom is -0.480 e. The van der Waals surface area contributed by atoms with Crippen LogP contribution in [0.3, 0.4) is 0 Å². The number of allylic oxidation sites excluding steroid dienone is 6. The van der Waals surface area contributed by atoms with Gasteiger partial charge >= 0.3 is 0 Å². The van der Waals surface area contributed by atoms with Gasteiger partial charge in [0.1, 0.15) is 29.4 Å². The van der Waals surface area contributed by atoms with E-state index in [1.54, 1.807) is 11.3 Å². The topological polar surface area (TPSA) is 87.1 Å². The van der Waals surface area contributed by atoms with Gasteiger partial charge in [0.05, 0.1) is 11.4 Å². The number of unbranched alkanes of at least 4 members (excludes halogenated alkanes) is 3. The minimum absolute atomic E-state index is 0.0535. The molecule has 65 heavy (non-hydrogen) atoms. The van der Waals surface area contributed by atoms with Crippen LogP contribution in [0.2, 0.25) is 0 Å². The highest BCUT2D eigenvalue weighted by Crippen LogP contribution is 2.49. The molecule has 3 heterocycles. The zero-order chi connectivity index (χ0) is 46.1. The summed E-state index contributed by atoms with van der Waals surface area (Å²) in [5.74, 6) is 0.0535. The van der Waals surface area contributed by atoms with E-state index in [0.717, 1.165) is 48.7 Å². The predicted octanol–water partition coefficient (Wildman–Crippen LogP) is 15.7. The molecule has 6 nitrogen and oxygen atoms in total. The van der Waals surface area contributed by atoms with Gasteiger partial charge in [0.15, 0.2) is 11.3 Å². The maximum Gasteiger partial charge on any atom is 0.172 e. The fourth-order valence-electron chi connectivity index (χ4n) is 8.92. The standard InChI is InChI=1S/C57H59N5OS2/c1-8-11-12-13-30-62-51-28-20-41(15-14-40-18-22-46(23-19-40)61(9-2)10-3)33-53(51)65-54-34-42(21-29-52(54)62)16-17-43-31-44(36-56(4,5)35-43)32-48-25-24-47(64-48)26-27-50-49(39-60)55(45(37-58)38-59)63-57(50,6)7/h14-29,31-34H,8-13,30,35-36H2,1-7H3/b15-14+,17-16+,27-26+,44-32+. The van der Waals surface area contributed by atoms with E-state index in [1.165, 1.54) is 74.0 Å². The number of rotatable bonds is 15. The van der Waals surface area contributed by atoms with Crippen molar-refractivity contribution in [3.05, 3.63) is 151 Å². The number of fused-ring (bicyclic) bond motifs is 2. The average molecular weight is 894 g/mol. The van der Waals surface area contributed by atoms with E-state index in [2.05, 4.69) is 160 Å². The maximum absolute atomic E-state index is 9.94. The van der Waals surface area contributed by atoms with E-state index in [1.807, 2.05) is 49.9 Å². The molecule has 0 atom stereocenters. The molecule has 0 spiro atoms. The smallest absolute Gasteiger partial charge is 0.172 e. The molecule has 1 aliphatic carbocycles. The highest BCUT2D eigenvalue weighted by molar-refractivity contribution is 7.99. The van der Waals surface area contributed by atoms with Gasteiger partial charge in [-0.1, -0.05) is 113 Å². The van der Waals surface area contributed by atoms with Crippen molar-refractivity contribution < 1.29 is 4.74 Å². The molecule has 0 unspecified atom stereocenters. The third-order valence-electron chi connectivity index (χ3n) is 12.2. The first kappa shape index (κ1) is 46.7. The van der Waals surface area contributed by atoms with Crippen LogP contribution < -0.4 is 9.80 Å². The van der Waals surface area contributed by atoms with Crippen molar-refractivity contribution in [1.82, 2.24) is 0 Å². The van der Waals surface area contributed by atoms with E-state index in [9.17, 15) is 15.8 Å². The van der Waals surface area contributed by atoms with Gasteiger partial charge in [-0.15, -0.1) is 11.3 Å². The quantitative estimate of drug-likeness (QED) is 0.0667. The summed E-state index contributed by atoms with van der Waals surface area (Å²) >= 11 is 3.56. The Labute approximate surface area is 395 Å². The number of benzene rings is 3. The zero-order valence-corrected chi connectivity index (χ0v) is 40.5. The second-order valence-electron chi connectivity index (χ2n) is 18.2. The molecule has 0 bridgehead atoms. The summed E-state index contributed by atoms with van der Waals surface area (Å²) in [6.45, 7) is 18.1. The number of nitrogens with zero attached hydrogens (tertiary/aromatic N) is 5. The van der Waals surface area contributed by atoms with Crippen LogP contribution in [0.4, 0.5) is 17.1 Å². The van der Waals surface area contributed by atoms with Crippen LogP contribution in [0.1, 0.15) is 113 Å². The molecule has 3 aliphatic rings. The lowest BCUT2D eigenvalue weighted by Crippen LogP contribution is -2.22. The minimum atomic E-state index is -0.848. The van der Waals surface area contributed by atoms with Gasteiger partial charge in [-0.25, -0.2) is 0 Å². The molecule has 7 rings (SSSR count). The summed E-state index contributed by atoms with van der Waals surface area (Å²) in [7, 11) is 0. The van der Waals surface area contributed by atoms with E-state index < -0.39 is 5.60 Å². The lowest BCUT2D eigenvalue weighted by atomic mass is 9.75. The Morgan fingerprint density at radius 2 is 1.35 bits per heavy atom. The van der Waals surface area contributed by atoms with E-state index in [0.29, 0.717) is 5.57 Å².